The van der Waals surface area contributed by atoms with Gasteiger partial charge in [-0.15, -0.1) is 0 Å². The lowest BCUT2D eigenvalue weighted by molar-refractivity contribution is -0.148. The first-order valence-electron chi connectivity index (χ1n) is 7.89. The normalized spacial score (nSPS) is 24.7. The lowest BCUT2D eigenvalue weighted by atomic mass is 9.84. The Morgan fingerprint density at radius 3 is 2.64 bits per heavy atom. The van der Waals surface area contributed by atoms with E-state index in [9.17, 15) is 15.0 Å². The zero-order valence-electron chi connectivity index (χ0n) is 12.9. The van der Waals surface area contributed by atoms with Crippen molar-refractivity contribution < 1.29 is 19.7 Å². The van der Waals surface area contributed by atoms with Gasteiger partial charge in [0.2, 0.25) is 0 Å². The highest BCUT2D eigenvalue weighted by Crippen LogP contribution is 2.28. The Balaban J connectivity index is 1.95. The number of aliphatic hydroxyl groups excluding tert-OH is 2. The molecule has 0 radical (unpaired) electrons. The molecule has 120 valence electrons. The SMILES string of the molecule is CCOC(=O)C1C=C(CCCc2ccccc2)[C@@H](O)C(O)C1. The molecule has 1 aliphatic carbocycles. The predicted molar refractivity (Wildman–Crippen MR) is 84.2 cm³/mol. The second-order valence-corrected chi connectivity index (χ2v) is 5.69. The number of carbonyl (C=O) groups is 1. The fourth-order valence-corrected chi connectivity index (χ4v) is 2.85. The van der Waals surface area contributed by atoms with Crippen LogP contribution in [0.4, 0.5) is 0 Å². The van der Waals surface area contributed by atoms with Crippen molar-refractivity contribution in [1.82, 2.24) is 0 Å². The lowest BCUT2D eigenvalue weighted by Gasteiger charge is -2.29. The Bertz CT molecular complexity index is 509. The molecule has 0 saturated heterocycles. The van der Waals surface area contributed by atoms with E-state index in [1.54, 1.807) is 13.0 Å². The maximum Gasteiger partial charge on any atom is 0.312 e. The first-order chi connectivity index (χ1) is 10.6. The van der Waals surface area contributed by atoms with E-state index in [0.717, 1.165) is 18.4 Å². The number of rotatable bonds is 6. The first-order valence-corrected chi connectivity index (χ1v) is 7.89. The highest BCUT2D eigenvalue weighted by atomic mass is 16.5. The van der Waals surface area contributed by atoms with Crippen molar-refractivity contribution in [1.29, 1.82) is 0 Å². The zero-order chi connectivity index (χ0) is 15.9. The molecule has 2 unspecified atom stereocenters. The number of hydrogen-bond donors (Lipinski definition) is 2. The van der Waals surface area contributed by atoms with Crippen LogP contribution in [0.1, 0.15) is 31.7 Å². The maximum absolute atomic E-state index is 11.8. The van der Waals surface area contributed by atoms with Gasteiger partial charge >= 0.3 is 5.97 Å². The van der Waals surface area contributed by atoms with E-state index >= 15 is 0 Å². The molecule has 22 heavy (non-hydrogen) atoms. The quantitative estimate of drug-likeness (QED) is 0.625. The Hall–Kier alpha value is -1.65. The van der Waals surface area contributed by atoms with Gasteiger partial charge in [-0.2, -0.15) is 0 Å². The fraction of sp³-hybridized carbons (Fsp3) is 0.500. The van der Waals surface area contributed by atoms with Crippen LogP contribution in [0, 0.1) is 5.92 Å². The van der Waals surface area contributed by atoms with E-state index in [1.165, 1.54) is 5.56 Å². The number of esters is 1. The van der Waals surface area contributed by atoms with Crippen LogP contribution in [-0.2, 0) is 16.0 Å². The molecular formula is C18H24O4. The van der Waals surface area contributed by atoms with Gasteiger partial charge in [0.1, 0.15) is 6.10 Å². The van der Waals surface area contributed by atoms with E-state index < -0.39 is 18.1 Å². The van der Waals surface area contributed by atoms with Crippen molar-refractivity contribution in [3.63, 3.8) is 0 Å². The van der Waals surface area contributed by atoms with Crippen LogP contribution in [0.25, 0.3) is 0 Å². The molecule has 1 aliphatic rings. The number of carbonyl (C=O) groups excluding carboxylic acids is 1. The third kappa shape index (κ3) is 4.42. The summed E-state index contributed by atoms with van der Waals surface area (Å²) in [6.07, 6.45) is 2.68. The van der Waals surface area contributed by atoms with E-state index in [0.29, 0.717) is 13.0 Å². The van der Waals surface area contributed by atoms with Gasteiger partial charge in [0, 0.05) is 0 Å². The van der Waals surface area contributed by atoms with Crippen LogP contribution < -0.4 is 0 Å². The van der Waals surface area contributed by atoms with E-state index in [1.807, 2.05) is 18.2 Å². The van der Waals surface area contributed by atoms with Gasteiger partial charge in [0.15, 0.2) is 0 Å². The summed E-state index contributed by atoms with van der Waals surface area (Å²) in [6, 6.07) is 10.1. The maximum atomic E-state index is 11.8. The minimum absolute atomic E-state index is 0.224. The van der Waals surface area contributed by atoms with Crippen molar-refractivity contribution >= 4 is 5.97 Å². The molecule has 1 aromatic carbocycles. The van der Waals surface area contributed by atoms with Crippen LogP contribution in [0.15, 0.2) is 42.0 Å². The fourth-order valence-electron chi connectivity index (χ4n) is 2.85. The third-order valence-corrected chi connectivity index (χ3v) is 4.02. The number of aliphatic hydroxyl groups is 2. The highest BCUT2D eigenvalue weighted by Gasteiger charge is 2.32. The van der Waals surface area contributed by atoms with Gasteiger partial charge in [-0.3, -0.25) is 4.79 Å². The standard InChI is InChI=1S/C18H24O4/c1-2-22-18(21)15-11-14(17(20)16(19)12-15)10-6-9-13-7-4-3-5-8-13/h3-5,7-8,11,15-17,19-20H,2,6,9-10,12H2,1H3/t15?,16?,17-/m1/s1. The average Bonchev–Trinajstić information content (AvgIpc) is 2.52. The second kappa shape index (κ2) is 8.11. The summed E-state index contributed by atoms with van der Waals surface area (Å²) in [5.41, 5.74) is 1.99. The summed E-state index contributed by atoms with van der Waals surface area (Å²) in [7, 11) is 0. The van der Waals surface area contributed by atoms with Crippen molar-refractivity contribution in [2.24, 2.45) is 5.92 Å². The molecule has 2 rings (SSSR count). The summed E-state index contributed by atoms with van der Waals surface area (Å²) in [5, 5.41) is 20.0. The van der Waals surface area contributed by atoms with Gasteiger partial charge in [-0.05, 0) is 43.7 Å². The molecule has 0 amide bonds. The molecule has 0 aromatic heterocycles. The van der Waals surface area contributed by atoms with Gasteiger partial charge < -0.3 is 14.9 Å². The molecule has 0 aliphatic heterocycles. The minimum atomic E-state index is -0.897. The molecular weight excluding hydrogens is 280 g/mol. The van der Waals surface area contributed by atoms with Crippen LogP contribution in [0.2, 0.25) is 0 Å². The molecule has 0 fully saturated rings. The molecule has 4 heteroatoms. The molecule has 1 aromatic rings. The highest BCUT2D eigenvalue weighted by molar-refractivity contribution is 5.75. The summed E-state index contributed by atoms with van der Waals surface area (Å²) in [4.78, 5) is 11.8. The molecule has 0 bridgehead atoms. The number of ether oxygens (including phenoxy) is 1. The van der Waals surface area contributed by atoms with Gasteiger partial charge in [-0.1, -0.05) is 36.4 Å². The Labute approximate surface area is 131 Å². The predicted octanol–water partition coefficient (Wildman–Crippen LogP) is 2.24. The molecule has 0 saturated carbocycles. The number of aryl methyl sites for hydroxylation is 1. The number of benzene rings is 1. The van der Waals surface area contributed by atoms with Gasteiger partial charge in [0.05, 0.1) is 18.6 Å². The molecule has 2 N–H and O–H groups in total. The summed E-state index contributed by atoms with van der Waals surface area (Å²) < 4.78 is 5.01. The first kappa shape index (κ1) is 16.7. The monoisotopic (exact) mass is 304 g/mol. The van der Waals surface area contributed by atoms with Crippen LogP contribution in [-0.4, -0.2) is 35.0 Å². The topological polar surface area (TPSA) is 66.8 Å². The van der Waals surface area contributed by atoms with E-state index in [4.69, 9.17) is 4.74 Å². The van der Waals surface area contributed by atoms with Crippen molar-refractivity contribution in [3.05, 3.63) is 47.5 Å². The van der Waals surface area contributed by atoms with Crippen LogP contribution in [0.5, 0.6) is 0 Å². The Kier molecular flexibility index (Phi) is 6.16. The van der Waals surface area contributed by atoms with Crippen LogP contribution >= 0.6 is 0 Å². The largest absolute Gasteiger partial charge is 0.466 e. The molecule has 0 heterocycles. The average molecular weight is 304 g/mol. The minimum Gasteiger partial charge on any atom is -0.466 e. The van der Waals surface area contributed by atoms with E-state index in [-0.39, 0.29) is 12.4 Å². The summed E-state index contributed by atoms with van der Waals surface area (Å²) >= 11 is 0. The van der Waals surface area contributed by atoms with Crippen LogP contribution in [0.3, 0.4) is 0 Å². The van der Waals surface area contributed by atoms with Gasteiger partial charge in [-0.25, -0.2) is 0 Å². The second-order valence-electron chi connectivity index (χ2n) is 5.69. The molecule has 3 atom stereocenters. The Morgan fingerprint density at radius 2 is 1.95 bits per heavy atom. The molecule has 0 spiro atoms. The summed E-state index contributed by atoms with van der Waals surface area (Å²) in [5.74, 6) is -0.779. The zero-order valence-corrected chi connectivity index (χ0v) is 12.9. The van der Waals surface area contributed by atoms with Gasteiger partial charge in [0.25, 0.3) is 0 Å². The lowest BCUT2D eigenvalue weighted by Crippen LogP contribution is -2.36. The Morgan fingerprint density at radius 1 is 1.23 bits per heavy atom. The van der Waals surface area contributed by atoms with Crippen molar-refractivity contribution in [3.8, 4) is 0 Å². The summed E-state index contributed by atoms with van der Waals surface area (Å²) in [6.45, 7) is 2.08. The van der Waals surface area contributed by atoms with Crippen molar-refractivity contribution in [2.45, 2.75) is 44.8 Å². The van der Waals surface area contributed by atoms with Crippen molar-refractivity contribution in [2.75, 3.05) is 6.61 Å². The number of hydrogen-bond acceptors (Lipinski definition) is 4. The third-order valence-electron chi connectivity index (χ3n) is 4.02. The molecule has 4 nitrogen and oxygen atoms in total. The van der Waals surface area contributed by atoms with E-state index in [2.05, 4.69) is 12.1 Å². The smallest absolute Gasteiger partial charge is 0.312 e.